The Hall–Kier alpha value is -3.62. The fourth-order valence-corrected chi connectivity index (χ4v) is 6.24. The highest BCUT2D eigenvalue weighted by atomic mass is 19.3. The van der Waals surface area contributed by atoms with Gasteiger partial charge in [0.2, 0.25) is 11.8 Å². The van der Waals surface area contributed by atoms with Crippen LogP contribution in [0.5, 0.6) is 0 Å². The minimum Gasteiger partial charge on any atom is -0.361 e. The van der Waals surface area contributed by atoms with E-state index in [2.05, 4.69) is 9.72 Å². The largest absolute Gasteiger partial charge is 0.361 e. The van der Waals surface area contributed by atoms with Gasteiger partial charge in [-0.15, -0.1) is 0 Å². The van der Waals surface area contributed by atoms with Gasteiger partial charge in [0.15, 0.2) is 0 Å². The number of hydrogen-bond donors (Lipinski definition) is 0. The summed E-state index contributed by atoms with van der Waals surface area (Å²) in [6, 6.07) is 10.1. The molecule has 6 nitrogen and oxygen atoms in total. The number of aryl methyl sites for hydroxylation is 3. The Balaban J connectivity index is 1.51. The molecule has 9 heteroatoms. The number of alkyl halides is 2. The third kappa shape index (κ3) is 4.51. The molecule has 1 saturated carbocycles. The lowest BCUT2D eigenvalue weighted by Crippen LogP contribution is -2.40. The monoisotopic (exact) mass is 536 g/mol. The summed E-state index contributed by atoms with van der Waals surface area (Å²) in [4.78, 5) is 20.0. The summed E-state index contributed by atoms with van der Waals surface area (Å²) in [7, 11) is 0. The first-order valence-corrected chi connectivity index (χ1v) is 13.5. The minimum atomic E-state index is -2.67. The first-order valence-electron chi connectivity index (χ1n) is 13.5. The van der Waals surface area contributed by atoms with E-state index in [1.54, 1.807) is 24.0 Å². The van der Waals surface area contributed by atoms with E-state index in [1.165, 1.54) is 6.07 Å². The molecule has 1 aliphatic carbocycles. The van der Waals surface area contributed by atoms with Crippen molar-refractivity contribution in [2.75, 3.05) is 4.90 Å². The van der Waals surface area contributed by atoms with E-state index < -0.39 is 12.0 Å². The smallest absolute Gasteiger partial charge is 0.248 e. The Kier molecular flexibility index (Phi) is 6.27. The average Bonchev–Trinajstić information content (AvgIpc) is 3.44. The molecule has 0 spiro atoms. The van der Waals surface area contributed by atoms with Crippen LogP contribution in [-0.2, 0) is 4.79 Å². The molecular weight excluding hydrogens is 505 g/mol. The van der Waals surface area contributed by atoms with Crippen LogP contribution in [0, 0.1) is 26.6 Å². The maximum absolute atomic E-state index is 14.6. The molecule has 1 atom stereocenters. The quantitative estimate of drug-likeness (QED) is 0.267. The van der Waals surface area contributed by atoms with Crippen LogP contribution in [0.15, 0.2) is 40.9 Å². The van der Waals surface area contributed by atoms with Gasteiger partial charge in [-0.1, -0.05) is 17.3 Å². The van der Waals surface area contributed by atoms with Crippen molar-refractivity contribution in [1.82, 2.24) is 14.7 Å². The zero-order valence-electron chi connectivity index (χ0n) is 22.3. The highest BCUT2D eigenvalue weighted by molar-refractivity contribution is 5.95. The molecule has 6 rings (SSSR count). The van der Waals surface area contributed by atoms with Crippen molar-refractivity contribution in [2.24, 2.45) is 0 Å². The van der Waals surface area contributed by atoms with E-state index in [0.29, 0.717) is 60.5 Å². The molecule has 0 radical (unpaired) electrons. The number of hydrogen-bond acceptors (Lipinski definition) is 4. The van der Waals surface area contributed by atoms with Crippen LogP contribution in [-0.4, -0.2) is 26.5 Å². The van der Waals surface area contributed by atoms with Crippen LogP contribution >= 0.6 is 0 Å². The lowest BCUT2D eigenvalue weighted by atomic mass is 9.91. The van der Waals surface area contributed by atoms with E-state index >= 15 is 0 Å². The van der Waals surface area contributed by atoms with Crippen molar-refractivity contribution >= 4 is 22.6 Å². The number of benzene rings is 2. The summed E-state index contributed by atoms with van der Waals surface area (Å²) in [5.41, 5.74) is 5.11. The number of aromatic nitrogens is 3. The molecule has 0 N–H and O–H groups in total. The molecule has 0 bridgehead atoms. The molecule has 3 heterocycles. The van der Waals surface area contributed by atoms with Crippen molar-refractivity contribution in [3.63, 3.8) is 0 Å². The number of anilines is 1. The van der Waals surface area contributed by atoms with Crippen LogP contribution in [0.3, 0.4) is 0 Å². The van der Waals surface area contributed by atoms with E-state index in [9.17, 15) is 18.0 Å². The highest BCUT2D eigenvalue weighted by Crippen LogP contribution is 2.44. The molecule has 1 saturated heterocycles. The van der Waals surface area contributed by atoms with Gasteiger partial charge in [-0.3, -0.25) is 4.79 Å². The normalized spacial score (nSPS) is 20.2. The molecule has 4 aromatic rings. The summed E-state index contributed by atoms with van der Waals surface area (Å²) < 4.78 is 50.3. The Morgan fingerprint density at radius 2 is 1.79 bits per heavy atom. The molecular formula is C30H31F3N4O2. The molecule has 1 aliphatic heterocycles. The highest BCUT2D eigenvalue weighted by Gasteiger charge is 2.40. The van der Waals surface area contributed by atoms with Crippen molar-refractivity contribution < 1.29 is 22.5 Å². The Morgan fingerprint density at radius 1 is 1.03 bits per heavy atom. The molecule has 204 valence electrons. The third-order valence-corrected chi connectivity index (χ3v) is 8.27. The van der Waals surface area contributed by atoms with Gasteiger partial charge in [0.25, 0.3) is 0 Å². The molecule has 2 aliphatic rings. The molecule has 0 unspecified atom stereocenters. The van der Waals surface area contributed by atoms with Crippen LogP contribution in [0.2, 0.25) is 0 Å². The number of piperidine rings is 1. The van der Waals surface area contributed by atoms with Gasteiger partial charge in [-0.2, -0.15) is 0 Å². The molecule has 1 amide bonds. The Bertz CT molecular complexity index is 1540. The summed E-state index contributed by atoms with van der Waals surface area (Å²) in [5, 5.41) is 4.07. The van der Waals surface area contributed by atoms with E-state index in [1.807, 2.05) is 32.0 Å². The fourth-order valence-electron chi connectivity index (χ4n) is 6.24. The maximum Gasteiger partial charge on any atom is 0.248 e. The molecule has 2 fully saturated rings. The van der Waals surface area contributed by atoms with Crippen molar-refractivity contribution in [3.8, 4) is 11.1 Å². The Labute approximate surface area is 224 Å². The summed E-state index contributed by atoms with van der Waals surface area (Å²) >= 11 is 0. The zero-order valence-corrected chi connectivity index (χ0v) is 22.3. The van der Waals surface area contributed by atoms with Gasteiger partial charge in [0, 0.05) is 36.6 Å². The van der Waals surface area contributed by atoms with Gasteiger partial charge in [-0.25, -0.2) is 18.2 Å². The Morgan fingerprint density at radius 3 is 2.49 bits per heavy atom. The summed E-state index contributed by atoms with van der Waals surface area (Å²) in [6.45, 7) is 5.43. The predicted molar refractivity (Wildman–Crippen MR) is 142 cm³/mol. The number of imidazole rings is 1. The lowest BCUT2D eigenvalue weighted by Gasteiger charge is -2.37. The fraction of sp³-hybridized carbons (Fsp3) is 0.433. The standard InChI is InChI=1S/C30H31F3N4O2/c1-17-7-9-22(16-23(17)31)36-26(5-4-6-27(36)38)29-34-24-15-20(28-18(2)35-39-19(28)3)8-10-25(24)37(29)21-11-13-30(32,33)14-12-21/h7-10,15-16,21,26H,4-6,11-14H2,1-3H3/t26-/m0/s1. The second-order valence-corrected chi connectivity index (χ2v) is 10.9. The molecule has 2 aromatic heterocycles. The topological polar surface area (TPSA) is 64.2 Å². The number of fused-ring (bicyclic) bond motifs is 1. The number of amides is 1. The van der Waals surface area contributed by atoms with Crippen molar-refractivity contribution in [3.05, 3.63) is 65.1 Å². The first-order chi connectivity index (χ1) is 18.6. The van der Waals surface area contributed by atoms with E-state index in [4.69, 9.17) is 9.51 Å². The summed E-state index contributed by atoms with van der Waals surface area (Å²) in [6.07, 6.45) is 1.93. The lowest BCUT2D eigenvalue weighted by molar-refractivity contribution is -0.120. The van der Waals surface area contributed by atoms with Crippen LogP contribution < -0.4 is 4.90 Å². The van der Waals surface area contributed by atoms with E-state index in [-0.39, 0.29) is 30.6 Å². The first kappa shape index (κ1) is 25.6. The van der Waals surface area contributed by atoms with Gasteiger partial charge < -0.3 is 14.0 Å². The SMILES string of the molecule is Cc1ccc(N2C(=O)CCC[C@H]2c2nc3cc(-c4c(C)noc4C)ccc3n2C2CCC(F)(F)CC2)cc1F. The van der Waals surface area contributed by atoms with Gasteiger partial charge >= 0.3 is 0 Å². The third-order valence-electron chi connectivity index (χ3n) is 8.27. The second-order valence-electron chi connectivity index (χ2n) is 10.9. The number of carbonyl (C=O) groups excluding carboxylic acids is 1. The van der Waals surface area contributed by atoms with Crippen molar-refractivity contribution in [2.45, 2.75) is 83.7 Å². The number of halogens is 3. The number of carbonyl (C=O) groups is 1. The predicted octanol–water partition coefficient (Wildman–Crippen LogP) is 7.76. The number of rotatable bonds is 4. The average molecular weight is 537 g/mol. The maximum atomic E-state index is 14.6. The van der Waals surface area contributed by atoms with Crippen LogP contribution in [0.4, 0.5) is 18.9 Å². The van der Waals surface area contributed by atoms with Crippen molar-refractivity contribution in [1.29, 1.82) is 0 Å². The number of nitrogens with zero attached hydrogens (tertiary/aromatic N) is 4. The molecule has 2 aromatic carbocycles. The summed E-state index contributed by atoms with van der Waals surface area (Å²) in [5.74, 6) is -1.79. The minimum absolute atomic E-state index is 0.0975. The van der Waals surface area contributed by atoms with Gasteiger partial charge in [0.1, 0.15) is 17.4 Å². The van der Waals surface area contributed by atoms with E-state index in [0.717, 1.165) is 22.3 Å². The molecule has 39 heavy (non-hydrogen) atoms. The van der Waals surface area contributed by atoms with Crippen LogP contribution in [0.1, 0.15) is 79.9 Å². The zero-order chi connectivity index (χ0) is 27.5. The second kappa shape index (κ2) is 9.54. The van der Waals surface area contributed by atoms with Gasteiger partial charge in [0.05, 0.1) is 22.8 Å². The van der Waals surface area contributed by atoms with Gasteiger partial charge in [-0.05, 0) is 81.8 Å². The van der Waals surface area contributed by atoms with Crippen LogP contribution in [0.25, 0.3) is 22.2 Å².